The summed E-state index contributed by atoms with van der Waals surface area (Å²) in [6.07, 6.45) is 2.90. The predicted octanol–water partition coefficient (Wildman–Crippen LogP) is 5.35. The van der Waals surface area contributed by atoms with E-state index >= 15 is 0 Å². The molecule has 0 amide bonds. The second-order valence-electron chi connectivity index (χ2n) is 5.31. The van der Waals surface area contributed by atoms with Gasteiger partial charge in [-0.2, -0.15) is 5.10 Å². The molecule has 5 nitrogen and oxygen atoms in total. The summed E-state index contributed by atoms with van der Waals surface area (Å²) < 4.78 is 29.0. The van der Waals surface area contributed by atoms with Crippen LogP contribution in [0.25, 0.3) is 0 Å². The summed E-state index contributed by atoms with van der Waals surface area (Å²) in [6.45, 7) is 0.290. The van der Waals surface area contributed by atoms with E-state index in [-0.39, 0.29) is 27.2 Å². The Morgan fingerprint density at radius 3 is 2.38 bits per heavy atom. The van der Waals surface area contributed by atoms with Crippen molar-refractivity contribution in [2.45, 2.75) is 11.4 Å². The first-order valence-electron chi connectivity index (χ1n) is 7.19. The molecule has 0 atom stereocenters. The van der Waals surface area contributed by atoms with Gasteiger partial charge in [-0.05, 0) is 30.3 Å². The van der Waals surface area contributed by atoms with Gasteiger partial charge < -0.3 is 0 Å². The summed E-state index contributed by atoms with van der Waals surface area (Å²) in [7, 11) is -3.91. The van der Waals surface area contributed by atoms with Crippen molar-refractivity contribution in [1.82, 2.24) is 9.78 Å². The maximum atomic E-state index is 12.5. The van der Waals surface area contributed by atoms with E-state index in [0.29, 0.717) is 15.6 Å². The molecule has 1 heterocycles. The molecular weight excluding hydrogens is 440 g/mol. The molecule has 1 N–H and O–H groups in total. The summed E-state index contributed by atoms with van der Waals surface area (Å²) in [5.41, 5.74) is 0.954. The summed E-state index contributed by atoms with van der Waals surface area (Å²) in [5.74, 6) is 0. The highest BCUT2D eigenvalue weighted by Crippen LogP contribution is 2.28. The van der Waals surface area contributed by atoms with Crippen molar-refractivity contribution < 1.29 is 8.42 Å². The van der Waals surface area contributed by atoms with Crippen LogP contribution < -0.4 is 4.72 Å². The number of hydrogen-bond acceptors (Lipinski definition) is 3. The maximum absolute atomic E-state index is 12.5. The van der Waals surface area contributed by atoms with Gasteiger partial charge in [-0.25, -0.2) is 8.42 Å². The average molecular weight is 451 g/mol. The molecule has 0 aliphatic heterocycles. The lowest BCUT2D eigenvalue weighted by molar-refractivity contribution is 0.601. The fourth-order valence-electron chi connectivity index (χ4n) is 2.24. The van der Waals surface area contributed by atoms with E-state index in [9.17, 15) is 8.42 Å². The summed E-state index contributed by atoms with van der Waals surface area (Å²) in [6, 6.07) is 9.38. The first kappa shape index (κ1) is 19.3. The monoisotopic (exact) mass is 449 g/mol. The third-order valence-electron chi connectivity index (χ3n) is 3.45. The van der Waals surface area contributed by atoms with Crippen LogP contribution in [0.4, 0.5) is 5.69 Å². The molecule has 3 aromatic rings. The van der Waals surface area contributed by atoms with Crippen molar-refractivity contribution in [3.63, 3.8) is 0 Å². The number of benzene rings is 2. The van der Waals surface area contributed by atoms with Crippen LogP contribution in [0.2, 0.25) is 20.1 Å². The number of halogens is 4. The third kappa shape index (κ3) is 4.27. The zero-order chi connectivity index (χ0) is 18.9. The Hall–Kier alpha value is -1.44. The van der Waals surface area contributed by atoms with E-state index in [0.717, 1.165) is 0 Å². The molecule has 136 valence electrons. The Kier molecular flexibility index (Phi) is 5.69. The van der Waals surface area contributed by atoms with Crippen molar-refractivity contribution >= 4 is 62.1 Å². The Bertz CT molecular complexity index is 1050. The highest BCUT2D eigenvalue weighted by Gasteiger charge is 2.19. The minimum Gasteiger partial charge on any atom is -0.276 e. The Labute approximate surface area is 170 Å². The van der Waals surface area contributed by atoms with Gasteiger partial charge in [0.05, 0.1) is 23.5 Å². The Balaban J connectivity index is 1.83. The van der Waals surface area contributed by atoms with E-state index < -0.39 is 10.0 Å². The zero-order valence-electron chi connectivity index (χ0n) is 13.0. The van der Waals surface area contributed by atoms with Gasteiger partial charge in [0, 0.05) is 26.8 Å². The van der Waals surface area contributed by atoms with Crippen LogP contribution in [0.5, 0.6) is 0 Å². The number of nitrogens with zero attached hydrogens (tertiary/aromatic N) is 2. The van der Waals surface area contributed by atoms with Gasteiger partial charge in [-0.15, -0.1) is 0 Å². The molecule has 0 radical (unpaired) electrons. The first-order valence-corrected chi connectivity index (χ1v) is 10.2. The van der Waals surface area contributed by atoms with Crippen molar-refractivity contribution in [1.29, 1.82) is 0 Å². The predicted molar refractivity (Wildman–Crippen MR) is 105 cm³/mol. The highest BCUT2D eigenvalue weighted by molar-refractivity contribution is 7.92. The molecule has 0 aliphatic carbocycles. The fraction of sp³-hybridized carbons (Fsp3) is 0.0625. The van der Waals surface area contributed by atoms with Gasteiger partial charge in [-0.3, -0.25) is 9.40 Å². The number of aromatic nitrogens is 2. The van der Waals surface area contributed by atoms with Gasteiger partial charge in [0.2, 0.25) is 0 Å². The van der Waals surface area contributed by atoms with E-state index in [2.05, 4.69) is 9.82 Å². The van der Waals surface area contributed by atoms with Crippen LogP contribution in [0.15, 0.2) is 53.7 Å². The largest absolute Gasteiger partial charge is 0.276 e. The summed E-state index contributed by atoms with van der Waals surface area (Å²) >= 11 is 24.1. The third-order valence-corrected chi connectivity index (χ3v) is 6.26. The molecule has 0 saturated carbocycles. The fourth-order valence-corrected chi connectivity index (χ4v) is 4.55. The quantitative estimate of drug-likeness (QED) is 0.570. The number of rotatable bonds is 5. The normalized spacial score (nSPS) is 11.5. The Morgan fingerprint density at radius 1 is 1.00 bits per heavy atom. The van der Waals surface area contributed by atoms with E-state index in [1.807, 2.05) is 0 Å². The summed E-state index contributed by atoms with van der Waals surface area (Å²) in [5, 5.41) is 5.46. The lowest BCUT2D eigenvalue weighted by atomic mass is 10.2. The molecule has 0 bridgehead atoms. The number of sulfonamides is 1. The standard InChI is InChI=1S/C16H11Cl4N3O2S/c17-10-4-5-15(20)16(6-10)26(24,25)22-11-7-21-23(8-11)9-12-13(18)2-1-3-14(12)19/h1-8,22H,9H2. The van der Waals surface area contributed by atoms with Crippen LogP contribution in [-0.2, 0) is 16.6 Å². The topological polar surface area (TPSA) is 64.0 Å². The van der Waals surface area contributed by atoms with Crippen LogP contribution in [0.3, 0.4) is 0 Å². The van der Waals surface area contributed by atoms with E-state index in [1.165, 1.54) is 35.3 Å². The minimum atomic E-state index is -3.91. The van der Waals surface area contributed by atoms with Gasteiger partial charge in [0.1, 0.15) is 4.90 Å². The van der Waals surface area contributed by atoms with E-state index in [1.54, 1.807) is 18.2 Å². The average Bonchev–Trinajstić information content (AvgIpc) is 2.99. The molecule has 0 spiro atoms. The molecule has 3 rings (SSSR count). The number of hydrogen-bond donors (Lipinski definition) is 1. The van der Waals surface area contributed by atoms with Crippen molar-refractivity contribution in [3.05, 3.63) is 74.4 Å². The molecular formula is C16H11Cl4N3O2S. The summed E-state index contributed by atoms with van der Waals surface area (Å²) in [4.78, 5) is -0.117. The minimum absolute atomic E-state index is 0.0668. The first-order chi connectivity index (χ1) is 12.3. The highest BCUT2D eigenvalue weighted by atomic mass is 35.5. The van der Waals surface area contributed by atoms with Gasteiger partial charge in [0.15, 0.2) is 0 Å². The van der Waals surface area contributed by atoms with Gasteiger partial charge in [-0.1, -0.05) is 52.5 Å². The smallest absolute Gasteiger partial charge is 0.263 e. The molecule has 10 heteroatoms. The lowest BCUT2D eigenvalue weighted by Gasteiger charge is -2.08. The lowest BCUT2D eigenvalue weighted by Crippen LogP contribution is -2.13. The van der Waals surface area contributed by atoms with Crippen LogP contribution in [0.1, 0.15) is 5.56 Å². The van der Waals surface area contributed by atoms with Crippen LogP contribution >= 0.6 is 46.4 Å². The zero-order valence-corrected chi connectivity index (χ0v) is 16.8. The second kappa shape index (κ2) is 7.66. The van der Waals surface area contributed by atoms with E-state index in [4.69, 9.17) is 46.4 Å². The van der Waals surface area contributed by atoms with Gasteiger partial charge >= 0.3 is 0 Å². The number of anilines is 1. The van der Waals surface area contributed by atoms with Crippen LogP contribution in [-0.4, -0.2) is 18.2 Å². The molecule has 2 aromatic carbocycles. The molecule has 0 fully saturated rings. The maximum Gasteiger partial charge on any atom is 0.263 e. The second-order valence-corrected chi connectivity index (χ2v) is 8.62. The molecule has 26 heavy (non-hydrogen) atoms. The molecule has 0 unspecified atom stereocenters. The number of nitrogens with one attached hydrogen (secondary N) is 1. The molecule has 0 saturated heterocycles. The van der Waals surface area contributed by atoms with Crippen molar-refractivity contribution in [2.24, 2.45) is 0 Å². The van der Waals surface area contributed by atoms with Crippen molar-refractivity contribution in [3.8, 4) is 0 Å². The SMILES string of the molecule is O=S(=O)(Nc1cnn(Cc2c(Cl)cccc2Cl)c1)c1cc(Cl)ccc1Cl. The van der Waals surface area contributed by atoms with Crippen molar-refractivity contribution in [2.75, 3.05) is 4.72 Å². The molecule has 1 aromatic heterocycles. The molecule has 0 aliphatic rings. The van der Waals surface area contributed by atoms with Crippen LogP contribution in [0, 0.1) is 0 Å². The van der Waals surface area contributed by atoms with Gasteiger partial charge in [0.25, 0.3) is 10.0 Å². The Morgan fingerprint density at radius 2 is 1.69 bits per heavy atom.